The first kappa shape index (κ1) is 8.64. The van der Waals surface area contributed by atoms with Crippen molar-refractivity contribution in [3.05, 3.63) is 24.2 Å². The van der Waals surface area contributed by atoms with Crippen molar-refractivity contribution in [2.24, 2.45) is 0 Å². The van der Waals surface area contributed by atoms with E-state index < -0.39 is 6.09 Å². The molecule has 0 aliphatic rings. The summed E-state index contributed by atoms with van der Waals surface area (Å²) >= 11 is 0. The van der Waals surface area contributed by atoms with Crippen LogP contribution in [0.15, 0.2) is 23.0 Å². The molecule has 1 heterocycles. The molecule has 0 fully saturated rings. The Bertz CT molecular complexity index is 230. The number of nitrogens with one attached hydrogen (secondary N) is 1. The van der Waals surface area contributed by atoms with E-state index in [1.807, 2.05) is 6.92 Å². The number of rotatable bonds is 3. The van der Waals surface area contributed by atoms with Crippen LogP contribution in [0.3, 0.4) is 0 Å². The quantitative estimate of drug-likeness (QED) is 0.746. The molecule has 0 saturated heterocycles. The highest BCUT2D eigenvalue weighted by Gasteiger charge is 2.00. The molecule has 4 nitrogen and oxygen atoms in total. The van der Waals surface area contributed by atoms with Crippen molar-refractivity contribution in [1.82, 2.24) is 5.32 Å². The van der Waals surface area contributed by atoms with Crippen molar-refractivity contribution in [2.45, 2.75) is 13.5 Å². The summed E-state index contributed by atoms with van der Waals surface area (Å²) in [6, 6.07) is 1.75. The summed E-state index contributed by atoms with van der Waals surface area (Å²) in [5.41, 5.74) is 0.848. The van der Waals surface area contributed by atoms with Gasteiger partial charge in [-0.1, -0.05) is 0 Å². The third-order valence-electron chi connectivity index (χ3n) is 1.27. The van der Waals surface area contributed by atoms with Gasteiger partial charge in [0.2, 0.25) is 0 Å². The van der Waals surface area contributed by atoms with Gasteiger partial charge in [0.1, 0.15) is 6.61 Å². The number of furan rings is 1. The topological polar surface area (TPSA) is 51.5 Å². The molecule has 1 aromatic heterocycles. The average Bonchev–Trinajstić information content (AvgIpc) is 2.53. The van der Waals surface area contributed by atoms with Crippen LogP contribution in [-0.2, 0) is 11.3 Å². The molecule has 1 rings (SSSR count). The fourth-order valence-electron chi connectivity index (χ4n) is 0.719. The van der Waals surface area contributed by atoms with Crippen LogP contribution < -0.4 is 5.32 Å². The predicted octanol–water partition coefficient (Wildman–Crippen LogP) is 1.53. The molecule has 12 heavy (non-hydrogen) atoms. The molecule has 0 radical (unpaired) electrons. The van der Waals surface area contributed by atoms with Crippen LogP contribution in [0.25, 0.3) is 0 Å². The van der Waals surface area contributed by atoms with E-state index in [1.165, 1.54) is 6.26 Å². The molecule has 0 spiro atoms. The van der Waals surface area contributed by atoms with Crippen LogP contribution in [-0.4, -0.2) is 12.6 Å². The number of amides is 1. The second-order valence-corrected chi connectivity index (χ2v) is 2.24. The third-order valence-corrected chi connectivity index (χ3v) is 1.27. The Morgan fingerprint density at radius 2 is 2.58 bits per heavy atom. The Labute approximate surface area is 70.5 Å². The number of carbonyl (C=O) groups is 1. The van der Waals surface area contributed by atoms with Gasteiger partial charge < -0.3 is 14.5 Å². The van der Waals surface area contributed by atoms with Gasteiger partial charge >= 0.3 is 6.09 Å². The summed E-state index contributed by atoms with van der Waals surface area (Å²) in [4.78, 5) is 10.8. The minimum atomic E-state index is -0.404. The van der Waals surface area contributed by atoms with Gasteiger partial charge in [0.05, 0.1) is 12.5 Å². The van der Waals surface area contributed by atoms with E-state index in [4.69, 9.17) is 9.15 Å². The first-order valence-electron chi connectivity index (χ1n) is 3.74. The van der Waals surface area contributed by atoms with Crippen LogP contribution >= 0.6 is 0 Å². The Hall–Kier alpha value is -1.45. The molecule has 66 valence electrons. The van der Waals surface area contributed by atoms with Gasteiger partial charge in [-0.15, -0.1) is 0 Å². The minimum Gasteiger partial charge on any atom is -0.472 e. The monoisotopic (exact) mass is 169 g/mol. The lowest BCUT2D eigenvalue weighted by Crippen LogP contribution is -2.23. The van der Waals surface area contributed by atoms with Gasteiger partial charge in [-0.2, -0.15) is 0 Å². The first-order chi connectivity index (χ1) is 5.83. The van der Waals surface area contributed by atoms with Crippen LogP contribution in [0.5, 0.6) is 0 Å². The van der Waals surface area contributed by atoms with Crippen molar-refractivity contribution in [2.75, 3.05) is 6.54 Å². The highest BCUT2D eigenvalue weighted by molar-refractivity contribution is 5.66. The van der Waals surface area contributed by atoms with E-state index in [0.29, 0.717) is 6.54 Å². The molecule has 0 aliphatic heterocycles. The number of ether oxygens (including phenoxy) is 1. The van der Waals surface area contributed by atoms with Gasteiger partial charge in [0.15, 0.2) is 0 Å². The lowest BCUT2D eigenvalue weighted by Gasteiger charge is -2.02. The molecular formula is C8H11NO3. The molecule has 0 atom stereocenters. The molecule has 0 unspecified atom stereocenters. The number of hydrogen-bond donors (Lipinski definition) is 1. The van der Waals surface area contributed by atoms with E-state index in [1.54, 1.807) is 12.3 Å². The predicted molar refractivity (Wildman–Crippen MR) is 42.6 cm³/mol. The molecule has 0 bridgehead atoms. The average molecular weight is 169 g/mol. The smallest absolute Gasteiger partial charge is 0.407 e. The summed E-state index contributed by atoms with van der Waals surface area (Å²) in [5.74, 6) is 0. The van der Waals surface area contributed by atoms with Crippen molar-refractivity contribution >= 4 is 6.09 Å². The lowest BCUT2D eigenvalue weighted by molar-refractivity contribution is 0.140. The lowest BCUT2D eigenvalue weighted by atomic mass is 10.4. The minimum absolute atomic E-state index is 0.252. The molecule has 0 aromatic carbocycles. The second-order valence-electron chi connectivity index (χ2n) is 2.24. The second kappa shape index (κ2) is 4.43. The van der Waals surface area contributed by atoms with E-state index in [9.17, 15) is 4.79 Å². The first-order valence-corrected chi connectivity index (χ1v) is 3.74. The molecular weight excluding hydrogens is 158 g/mol. The standard InChI is InChI=1S/C8H11NO3/c1-2-9-8(10)12-6-7-3-4-11-5-7/h3-5H,2,6H2,1H3,(H,9,10). The van der Waals surface area contributed by atoms with Gasteiger partial charge in [0.25, 0.3) is 0 Å². The highest BCUT2D eigenvalue weighted by Crippen LogP contribution is 2.01. The molecule has 1 amide bonds. The van der Waals surface area contributed by atoms with Crippen LogP contribution in [0.4, 0.5) is 4.79 Å². The van der Waals surface area contributed by atoms with E-state index in [-0.39, 0.29) is 6.61 Å². The third kappa shape index (κ3) is 2.65. The van der Waals surface area contributed by atoms with Gasteiger partial charge in [-0.05, 0) is 13.0 Å². The molecule has 4 heteroatoms. The maximum Gasteiger partial charge on any atom is 0.407 e. The Morgan fingerprint density at radius 3 is 3.17 bits per heavy atom. The van der Waals surface area contributed by atoms with E-state index in [0.717, 1.165) is 5.56 Å². The van der Waals surface area contributed by atoms with Gasteiger partial charge in [0, 0.05) is 12.1 Å². The Morgan fingerprint density at radius 1 is 1.75 bits per heavy atom. The van der Waals surface area contributed by atoms with E-state index >= 15 is 0 Å². The SMILES string of the molecule is CCNC(=O)OCc1ccoc1. The molecule has 0 saturated carbocycles. The van der Waals surface area contributed by atoms with Crippen LogP contribution in [0.2, 0.25) is 0 Å². The summed E-state index contributed by atoms with van der Waals surface area (Å²) in [5, 5.41) is 2.52. The highest BCUT2D eigenvalue weighted by atomic mass is 16.5. The van der Waals surface area contributed by atoms with Crippen molar-refractivity contribution in [3.63, 3.8) is 0 Å². The number of hydrogen-bond acceptors (Lipinski definition) is 3. The van der Waals surface area contributed by atoms with Crippen LogP contribution in [0, 0.1) is 0 Å². The fraction of sp³-hybridized carbons (Fsp3) is 0.375. The summed E-state index contributed by atoms with van der Waals surface area (Å²) in [7, 11) is 0. The maximum atomic E-state index is 10.8. The molecule has 1 N–H and O–H groups in total. The fourth-order valence-corrected chi connectivity index (χ4v) is 0.719. The summed E-state index contributed by atoms with van der Waals surface area (Å²) < 4.78 is 9.61. The van der Waals surface area contributed by atoms with Gasteiger partial charge in [-0.3, -0.25) is 0 Å². The van der Waals surface area contributed by atoms with Crippen molar-refractivity contribution in [1.29, 1.82) is 0 Å². The number of alkyl carbamates (subject to hydrolysis) is 1. The van der Waals surface area contributed by atoms with Crippen LogP contribution in [0.1, 0.15) is 12.5 Å². The molecule has 0 aliphatic carbocycles. The van der Waals surface area contributed by atoms with Crippen molar-refractivity contribution in [3.8, 4) is 0 Å². The Kier molecular flexibility index (Phi) is 3.19. The Balaban J connectivity index is 2.22. The number of carbonyl (C=O) groups excluding carboxylic acids is 1. The summed E-state index contributed by atoms with van der Waals surface area (Å²) in [6.07, 6.45) is 2.68. The zero-order valence-corrected chi connectivity index (χ0v) is 6.87. The largest absolute Gasteiger partial charge is 0.472 e. The maximum absolute atomic E-state index is 10.8. The zero-order valence-electron chi connectivity index (χ0n) is 6.87. The summed E-state index contributed by atoms with van der Waals surface area (Å²) in [6.45, 7) is 2.66. The van der Waals surface area contributed by atoms with E-state index in [2.05, 4.69) is 5.32 Å². The molecule has 1 aromatic rings. The zero-order chi connectivity index (χ0) is 8.81. The van der Waals surface area contributed by atoms with Crippen molar-refractivity contribution < 1.29 is 13.9 Å². The normalized spacial score (nSPS) is 9.42. The van der Waals surface area contributed by atoms with Gasteiger partial charge in [-0.25, -0.2) is 4.79 Å².